The molecule has 2 bridgehead atoms. The predicted molar refractivity (Wildman–Crippen MR) is 94.3 cm³/mol. The van der Waals surface area contributed by atoms with Gasteiger partial charge in [0.05, 0.1) is 0 Å². The van der Waals surface area contributed by atoms with Gasteiger partial charge in [-0.1, -0.05) is 48.5 Å². The number of nitrogens with one attached hydrogen (secondary N) is 1. The molecular weight excluding hydrogens is 280 g/mol. The van der Waals surface area contributed by atoms with E-state index in [1.54, 1.807) is 5.56 Å². The Morgan fingerprint density at radius 2 is 1.83 bits per heavy atom. The quantitative estimate of drug-likeness (QED) is 0.728. The normalized spacial score (nSPS) is 23.8. The number of piperidine rings is 1. The zero-order valence-corrected chi connectivity index (χ0v) is 13.3. The number of H-pyrrole nitrogens is 1. The first-order chi connectivity index (χ1) is 11.4. The van der Waals surface area contributed by atoms with E-state index in [0.717, 1.165) is 12.5 Å². The molecule has 3 aromatic rings. The van der Waals surface area contributed by atoms with Crippen molar-refractivity contribution < 1.29 is 0 Å². The molecule has 2 nitrogen and oxygen atoms in total. The van der Waals surface area contributed by atoms with E-state index in [0.29, 0.717) is 6.04 Å². The summed E-state index contributed by atoms with van der Waals surface area (Å²) >= 11 is 0. The molecule has 1 aliphatic heterocycles. The van der Waals surface area contributed by atoms with Crippen LogP contribution in [0, 0.1) is 5.92 Å². The highest BCUT2D eigenvalue weighted by molar-refractivity contribution is 5.85. The number of hydrogen-bond acceptors (Lipinski definition) is 1. The first-order valence-electron chi connectivity index (χ1n) is 8.76. The molecule has 2 heterocycles. The number of rotatable bonds is 2. The van der Waals surface area contributed by atoms with Crippen LogP contribution >= 0.6 is 0 Å². The van der Waals surface area contributed by atoms with Crippen molar-refractivity contribution in [1.82, 2.24) is 9.88 Å². The van der Waals surface area contributed by atoms with Crippen LogP contribution < -0.4 is 0 Å². The summed E-state index contributed by atoms with van der Waals surface area (Å²) in [5.74, 6) is 0.854. The van der Waals surface area contributed by atoms with E-state index in [-0.39, 0.29) is 0 Å². The van der Waals surface area contributed by atoms with Gasteiger partial charge in [-0.2, -0.15) is 0 Å². The summed E-state index contributed by atoms with van der Waals surface area (Å²) in [7, 11) is 0. The summed E-state index contributed by atoms with van der Waals surface area (Å²) in [4.78, 5) is 6.40. The number of para-hydroxylation sites is 1. The highest BCUT2D eigenvalue weighted by atomic mass is 15.2. The molecule has 0 amide bonds. The van der Waals surface area contributed by atoms with Gasteiger partial charge in [-0.25, -0.2) is 0 Å². The van der Waals surface area contributed by atoms with E-state index in [1.807, 2.05) is 0 Å². The summed E-state index contributed by atoms with van der Waals surface area (Å²) in [5, 5.41) is 1.44. The van der Waals surface area contributed by atoms with Gasteiger partial charge in [-0.15, -0.1) is 0 Å². The molecule has 0 spiro atoms. The highest BCUT2D eigenvalue weighted by Gasteiger charge is 2.37. The van der Waals surface area contributed by atoms with Gasteiger partial charge in [-0.3, -0.25) is 4.90 Å². The number of benzene rings is 2. The largest absolute Gasteiger partial charge is 0.358 e. The smallest absolute Gasteiger partial charge is 0.0459 e. The third-order valence-corrected chi connectivity index (χ3v) is 5.70. The topological polar surface area (TPSA) is 19.0 Å². The second kappa shape index (κ2) is 5.24. The maximum absolute atomic E-state index is 3.70. The van der Waals surface area contributed by atoms with Crippen LogP contribution in [0.15, 0.2) is 54.6 Å². The van der Waals surface area contributed by atoms with E-state index < -0.39 is 0 Å². The van der Waals surface area contributed by atoms with Crippen molar-refractivity contribution in [2.45, 2.75) is 31.8 Å². The van der Waals surface area contributed by atoms with Crippen molar-refractivity contribution >= 4 is 10.9 Å². The lowest BCUT2D eigenvalue weighted by Crippen LogP contribution is -2.39. The van der Waals surface area contributed by atoms with E-state index in [2.05, 4.69) is 64.5 Å². The van der Waals surface area contributed by atoms with Crippen LogP contribution in [0.25, 0.3) is 10.9 Å². The molecule has 2 heteroatoms. The van der Waals surface area contributed by atoms with Crippen LogP contribution in [0.4, 0.5) is 0 Å². The molecule has 1 aliphatic carbocycles. The predicted octanol–water partition coefficient (Wildman–Crippen LogP) is 4.68. The Morgan fingerprint density at radius 3 is 2.74 bits per heavy atom. The third-order valence-electron chi connectivity index (χ3n) is 5.70. The lowest BCUT2D eigenvalue weighted by Gasteiger charge is -2.43. The van der Waals surface area contributed by atoms with Gasteiger partial charge in [0.2, 0.25) is 0 Å². The minimum atomic E-state index is 0.578. The van der Waals surface area contributed by atoms with Crippen LogP contribution in [0.5, 0.6) is 0 Å². The minimum absolute atomic E-state index is 0.578. The molecule has 0 saturated carbocycles. The number of aromatic amines is 1. The van der Waals surface area contributed by atoms with Crippen molar-refractivity contribution in [2.24, 2.45) is 5.92 Å². The Kier molecular flexibility index (Phi) is 3.05. The lowest BCUT2D eigenvalue weighted by atomic mass is 9.77. The van der Waals surface area contributed by atoms with Gasteiger partial charge in [0.25, 0.3) is 0 Å². The molecule has 1 saturated heterocycles. The number of nitrogens with zero attached hydrogens (tertiary/aromatic N) is 1. The highest BCUT2D eigenvalue weighted by Crippen LogP contribution is 2.45. The molecule has 1 N–H and O–H groups in total. The summed E-state index contributed by atoms with van der Waals surface area (Å²) in [6, 6.07) is 20.3. The van der Waals surface area contributed by atoms with Gasteiger partial charge in [0.1, 0.15) is 0 Å². The fraction of sp³-hybridized carbons (Fsp3) is 0.333. The second-order valence-corrected chi connectivity index (χ2v) is 7.13. The standard InChI is InChI=1S/C21H22N2/c1-2-6-15(7-3-1)14-23-11-10-16-12-19-21(20(23)13-16)17-8-4-5-9-18(17)22-19/h1-9,16,20,22H,10-14H2. The molecule has 2 atom stereocenters. The molecule has 1 aromatic heterocycles. The van der Waals surface area contributed by atoms with Gasteiger partial charge in [0.15, 0.2) is 0 Å². The fourth-order valence-corrected chi connectivity index (χ4v) is 4.63. The maximum Gasteiger partial charge on any atom is 0.0459 e. The van der Waals surface area contributed by atoms with Crippen LogP contribution in [0.1, 0.15) is 35.7 Å². The second-order valence-electron chi connectivity index (χ2n) is 7.13. The molecule has 0 radical (unpaired) electrons. The van der Waals surface area contributed by atoms with E-state index in [1.165, 1.54) is 48.0 Å². The first-order valence-corrected chi connectivity index (χ1v) is 8.76. The molecule has 2 unspecified atom stereocenters. The van der Waals surface area contributed by atoms with Crippen molar-refractivity contribution in [3.05, 3.63) is 71.4 Å². The summed E-state index contributed by atoms with van der Waals surface area (Å²) in [5.41, 5.74) is 5.81. The molecule has 23 heavy (non-hydrogen) atoms. The van der Waals surface area contributed by atoms with E-state index in [9.17, 15) is 0 Å². The lowest BCUT2D eigenvalue weighted by molar-refractivity contribution is 0.0936. The van der Waals surface area contributed by atoms with Crippen LogP contribution in [0.2, 0.25) is 0 Å². The number of aromatic nitrogens is 1. The Balaban J connectivity index is 1.57. The van der Waals surface area contributed by atoms with Crippen LogP contribution in [0.3, 0.4) is 0 Å². The monoisotopic (exact) mass is 302 g/mol. The Bertz CT molecular complexity index is 833. The Labute approximate surface area is 137 Å². The zero-order valence-electron chi connectivity index (χ0n) is 13.3. The molecule has 2 aromatic carbocycles. The van der Waals surface area contributed by atoms with Gasteiger partial charge < -0.3 is 4.98 Å². The SMILES string of the molecule is c1ccc(CN2CCC3Cc4[nH]c5ccccc5c4C2C3)cc1. The van der Waals surface area contributed by atoms with Crippen molar-refractivity contribution in [1.29, 1.82) is 0 Å². The molecule has 5 rings (SSSR count). The Hall–Kier alpha value is -2.06. The summed E-state index contributed by atoms with van der Waals surface area (Å²) in [6.45, 7) is 2.29. The average Bonchev–Trinajstić information content (AvgIpc) is 2.96. The molecule has 1 fully saturated rings. The molecular formula is C21H22N2. The van der Waals surface area contributed by atoms with Crippen molar-refractivity contribution in [3.63, 3.8) is 0 Å². The number of hydrogen-bond donors (Lipinski definition) is 1. The third kappa shape index (κ3) is 2.21. The first kappa shape index (κ1) is 13.4. The Morgan fingerprint density at radius 1 is 1.00 bits per heavy atom. The molecule has 2 aliphatic rings. The van der Waals surface area contributed by atoms with Gasteiger partial charge in [-0.05, 0) is 48.9 Å². The minimum Gasteiger partial charge on any atom is -0.358 e. The zero-order chi connectivity index (χ0) is 15.2. The average molecular weight is 302 g/mol. The van der Waals surface area contributed by atoms with Crippen molar-refractivity contribution in [2.75, 3.05) is 6.54 Å². The van der Waals surface area contributed by atoms with E-state index in [4.69, 9.17) is 0 Å². The van der Waals surface area contributed by atoms with E-state index >= 15 is 0 Å². The number of likely N-dealkylation sites (tertiary alicyclic amines) is 1. The fourth-order valence-electron chi connectivity index (χ4n) is 4.63. The van der Waals surface area contributed by atoms with Crippen LogP contribution in [-0.4, -0.2) is 16.4 Å². The van der Waals surface area contributed by atoms with Crippen LogP contribution in [-0.2, 0) is 13.0 Å². The van der Waals surface area contributed by atoms with Gasteiger partial charge in [0, 0.05) is 29.2 Å². The summed E-state index contributed by atoms with van der Waals surface area (Å²) in [6.07, 6.45) is 3.89. The number of fused-ring (bicyclic) bond motifs is 6. The van der Waals surface area contributed by atoms with Crippen molar-refractivity contribution in [3.8, 4) is 0 Å². The molecule has 116 valence electrons. The summed E-state index contributed by atoms with van der Waals surface area (Å²) < 4.78 is 0. The van der Waals surface area contributed by atoms with Gasteiger partial charge >= 0.3 is 0 Å². The maximum atomic E-state index is 3.70.